The third-order valence-electron chi connectivity index (χ3n) is 5.89. The SMILES string of the molecule is COc1ccc(-c2nc(CSc3nccn4nc(-c5ccc(C)cc5C)cc34)c(C)o2)c(OC)c1. The van der Waals surface area contributed by atoms with Gasteiger partial charge in [0, 0.05) is 29.8 Å². The second-order valence-electron chi connectivity index (χ2n) is 8.29. The Balaban J connectivity index is 1.41. The van der Waals surface area contributed by atoms with E-state index in [-0.39, 0.29) is 0 Å². The molecule has 7 nitrogen and oxygen atoms in total. The largest absolute Gasteiger partial charge is 0.497 e. The Kier molecular flexibility index (Phi) is 6.21. The molecule has 0 aliphatic heterocycles. The van der Waals surface area contributed by atoms with Crippen LogP contribution in [0.15, 0.2) is 64.3 Å². The van der Waals surface area contributed by atoms with Gasteiger partial charge in [0.2, 0.25) is 5.89 Å². The van der Waals surface area contributed by atoms with Gasteiger partial charge < -0.3 is 13.9 Å². The summed E-state index contributed by atoms with van der Waals surface area (Å²) in [6, 6.07) is 14.1. The summed E-state index contributed by atoms with van der Waals surface area (Å²) in [5, 5.41) is 5.68. The molecule has 0 bridgehead atoms. The first-order chi connectivity index (χ1) is 17.0. The first kappa shape index (κ1) is 23.0. The highest BCUT2D eigenvalue weighted by molar-refractivity contribution is 7.98. The lowest BCUT2D eigenvalue weighted by molar-refractivity contribution is 0.394. The number of nitrogens with zero attached hydrogens (tertiary/aromatic N) is 4. The van der Waals surface area contributed by atoms with Gasteiger partial charge in [-0.15, -0.1) is 0 Å². The second-order valence-corrected chi connectivity index (χ2v) is 9.25. The minimum Gasteiger partial charge on any atom is -0.497 e. The minimum absolute atomic E-state index is 0.519. The molecule has 0 unspecified atom stereocenters. The van der Waals surface area contributed by atoms with Crippen LogP contribution in [0.25, 0.3) is 28.2 Å². The summed E-state index contributed by atoms with van der Waals surface area (Å²) in [5.74, 6) is 3.26. The molecule has 0 saturated carbocycles. The van der Waals surface area contributed by atoms with E-state index in [0.29, 0.717) is 23.1 Å². The maximum Gasteiger partial charge on any atom is 0.230 e. The number of hydrogen-bond donors (Lipinski definition) is 0. The van der Waals surface area contributed by atoms with Crippen LogP contribution in [0.1, 0.15) is 22.6 Å². The fourth-order valence-corrected chi connectivity index (χ4v) is 5.01. The quantitative estimate of drug-likeness (QED) is 0.250. The van der Waals surface area contributed by atoms with Gasteiger partial charge in [-0.2, -0.15) is 5.10 Å². The smallest absolute Gasteiger partial charge is 0.230 e. The predicted octanol–water partition coefficient (Wildman–Crippen LogP) is 6.29. The van der Waals surface area contributed by atoms with Gasteiger partial charge in [0.15, 0.2) is 0 Å². The molecular formula is C27H26N4O3S. The zero-order valence-electron chi connectivity index (χ0n) is 20.3. The number of ether oxygens (including phenoxy) is 2. The van der Waals surface area contributed by atoms with Crippen molar-refractivity contribution < 1.29 is 13.9 Å². The molecule has 2 aromatic carbocycles. The Morgan fingerprint density at radius 2 is 1.80 bits per heavy atom. The Morgan fingerprint density at radius 1 is 0.971 bits per heavy atom. The van der Waals surface area contributed by atoms with E-state index >= 15 is 0 Å². The molecule has 0 radical (unpaired) electrons. The molecule has 0 atom stereocenters. The lowest BCUT2D eigenvalue weighted by Gasteiger charge is -2.07. The molecule has 5 rings (SSSR count). The molecule has 0 N–H and O–H groups in total. The predicted molar refractivity (Wildman–Crippen MR) is 137 cm³/mol. The van der Waals surface area contributed by atoms with E-state index in [1.807, 2.05) is 35.8 Å². The van der Waals surface area contributed by atoms with Crippen molar-refractivity contribution >= 4 is 17.3 Å². The molecule has 178 valence electrons. The molecule has 0 aliphatic rings. The maximum atomic E-state index is 5.99. The van der Waals surface area contributed by atoms with Crippen LogP contribution < -0.4 is 9.47 Å². The van der Waals surface area contributed by atoms with Crippen molar-refractivity contribution in [1.82, 2.24) is 19.6 Å². The minimum atomic E-state index is 0.519. The van der Waals surface area contributed by atoms with Crippen LogP contribution >= 0.6 is 11.8 Å². The summed E-state index contributed by atoms with van der Waals surface area (Å²) in [6.45, 7) is 6.14. The van der Waals surface area contributed by atoms with Gasteiger partial charge in [-0.05, 0) is 44.5 Å². The first-order valence-corrected chi connectivity index (χ1v) is 12.2. The van der Waals surface area contributed by atoms with Crippen molar-refractivity contribution in [2.24, 2.45) is 0 Å². The van der Waals surface area contributed by atoms with Crippen LogP contribution in [0.5, 0.6) is 11.5 Å². The Labute approximate surface area is 208 Å². The van der Waals surface area contributed by atoms with Crippen LogP contribution in [0.3, 0.4) is 0 Å². The van der Waals surface area contributed by atoms with Gasteiger partial charge in [0.25, 0.3) is 0 Å². The molecule has 0 amide bonds. The highest BCUT2D eigenvalue weighted by atomic mass is 32.2. The third kappa shape index (κ3) is 4.49. The summed E-state index contributed by atoms with van der Waals surface area (Å²) in [5.41, 5.74) is 7.11. The zero-order chi connectivity index (χ0) is 24.5. The zero-order valence-corrected chi connectivity index (χ0v) is 21.1. The average Bonchev–Trinajstić information content (AvgIpc) is 3.45. The third-order valence-corrected chi connectivity index (χ3v) is 6.90. The summed E-state index contributed by atoms with van der Waals surface area (Å²) in [6.07, 6.45) is 3.65. The summed E-state index contributed by atoms with van der Waals surface area (Å²) >= 11 is 1.61. The summed E-state index contributed by atoms with van der Waals surface area (Å²) in [4.78, 5) is 9.37. The van der Waals surface area contributed by atoms with Gasteiger partial charge in [-0.3, -0.25) is 0 Å². The molecule has 8 heteroatoms. The van der Waals surface area contributed by atoms with Crippen molar-refractivity contribution in [2.45, 2.75) is 31.6 Å². The van der Waals surface area contributed by atoms with Gasteiger partial charge in [-0.25, -0.2) is 14.5 Å². The number of methoxy groups -OCH3 is 2. The van der Waals surface area contributed by atoms with E-state index in [9.17, 15) is 0 Å². The fraction of sp³-hybridized carbons (Fsp3) is 0.222. The number of hydrogen-bond acceptors (Lipinski definition) is 7. The normalized spacial score (nSPS) is 11.2. The second kappa shape index (κ2) is 9.46. The van der Waals surface area contributed by atoms with Crippen molar-refractivity contribution in [1.29, 1.82) is 0 Å². The van der Waals surface area contributed by atoms with E-state index in [0.717, 1.165) is 38.8 Å². The van der Waals surface area contributed by atoms with E-state index in [1.54, 1.807) is 32.2 Å². The Bertz CT molecular complexity index is 1520. The van der Waals surface area contributed by atoms with Gasteiger partial charge in [-0.1, -0.05) is 35.5 Å². The van der Waals surface area contributed by atoms with Crippen molar-refractivity contribution in [3.05, 3.63) is 77.4 Å². The van der Waals surface area contributed by atoms with Gasteiger partial charge >= 0.3 is 0 Å². The molecule has 0 spiro atoms. The molecule has 3 heterocycles. The summed E-state index contributed by atoms with van der Waals surface area (Å²) in [7, 11) is 3.24. The molecular weight excluding hydrogens is 460 g/mol. The topological polar surface area (TPSA) is 74.7 Å². The van der Waals surface area contributed by atoms with Crippen LogP contribution in [-0.2, 0) is 5.75 Å². The van der Waals surface area contributed by atoms with Crippen molar-refractivity contribution in [3.8, 4) is 34.2 Å². The molecule has 35 heavy (non-hydrogen) atoms. The lowest BCUT2D eigenvalue weighted by atomic mass is 10.0. The van der Waals surface area contributed by atoms with E-state index < -0.39 is 0 Å². The number of benzene rings is 2. The number of fused-ring (bicyclic) bond motifs is 1. The lowest BCUT2D eigenvalue weighted by Crippen LogP contribution is -1.93. The monoisotopic (exact) mass is 486 g/mol. The van der Waals surface area contributed by atoms with E-state index in [1.165, 1.54) is 11.1 Å². The number of aryl methyl sites for hydroxylation is 3. The van der Waals surface area contributed by atoms with Gasteiger partial charge in [0.1, 0.15) is 22.3 Å². The van der Waals surface area contributed by atoms with Crippen LogP contribution in [0.4, 0.5) is 0 Å². The highest BCUT2D eigenvalue weighted by Gasteiger charge is 2.18. The molecule has 0 saturated heterocycles. The molecule has 0 fully saturated rings. The average molecular weight is 487 g/mol. The number of oxazole rings is 1. The van der Waals surface area contributed by atoms with Crippen LogP contribution in [0.2, 0.25) is 0 Å². The highest BCUT2D eigenvalue weighted by Crippen LogP contribution is 2.35. The molecule has 5 aromatic rings. The van der Waals surface area contributed by atoms with E-state index in [4.69, 9.17) is 24.0 Å². The van der Waals surface area contributed by atoms with Crippen molar-refractivity contribution in [2.75, 3.05) is 14.2 Å². The molecule has 3 aromatic heterocycles. The van der Waals surface area contributed by atoms with Crippen LogP contribution in [-0.4, -0.2) is 33.8 Å². The maximum absolute atomic E-state index is 5.99. The Morgan fingerprint density at radius 3 is 2.57 bits per heavy atom. The van der Waals surface area contributed by atoms with E-state index in [2.05, 4.69) is 43.1 Å². The number of aromatic nitrogens is 4. The first-order valence-electron chi connectivity index (χ1n) is 11.2. The standard InChI is InChI=1S/C27H26N4O3S/c1-16-6-8-20(17(2)12-16)22-14-24-27(28-10-11-31(24)30-22)35-15-23-18(3)34-26(29-23)21-9-7-19(32-4)13-25(21)33-5/h6-14H,15H2,1-5H3. The number of rotatable bonds is 7. The Hall–Kier alpha value is -3.78. The summed E-state index contributed by atoms with van der Waals surface area (Å²) < 4.78 is 18.7. The fourth-order valence-electron chi connectivity index (χ4n) is 4.03. The van der Waals surface area contributed by atoms with Crippen LogP contribution in [0, 0.1) is 20.8 Å². The number of thioether (sulfide) groups is 1. The van der Waals surface area contributed by atoms with Crippen molar-refractivity contribution in [3.63, 3.8) is 0 Å². The van der Waals surface area contributed by atoms with Gasteiger partial charge in [0.05, 0.1) is 36.7 Å². The molecule has 0 aliphatic carbocycles.